The summed E-state index contributed by atoms with van der Waals surface area (Å²) in [4.78, 5) is 0. The van der Waals surface area contributed by atoms with Crippen molar-refractivity contribution in [1.29, 1.82) is 0 Å². The van der Waals surface area contributed by atoms with Crippen molar-refractivity contribution in [1.82, 2.24) is 5.32 Å². The summed E-state index contributed by atoms with van der Waals surface area (Å²) in [6, 6.07) is 8.68. The predicted molar refractivity (Wildman–Crippen MR) is 74.5 cm³/mol. The first-order chi connectivity index (χ1) is 9.29. The molecule has 19 heavy (non-hydrogen) atoms. The Morgan fingerprint density at radius 2 is 1.84 bits per heavy atom. The Balaban J connectivity index is 1.32. The molecule has 3 unspecified atom stereocenters. The summed E-state index contributed by atoms with van der Waals surface area (Å²) in [5.74, 6) is 2.37. The maximum Gasteiger partial charge on any atom is 0.126 e. The zero-order chi connectivity index (χ0) is 12.8. The van der Waals surface area contributed by atoms with Crippen LogP contribution in [0.25, 0.3) is 0 Å². The van der Waals surface area contributed by atoms with Gasteiger partial charge in [0.15, 0.2) is 0 Å². The molecule has 3 aliphatic carbocycles. The highest BCUT2D eigenvalue weighted by molar-refractivity contribution is 5.24. The number of halogens is 1. The zero-order valence-electron chi connectivity index (χ0n) is 11.3. The van der Waals surface area contributed by atoms with Crippen LogP contribution in [0.1, 0.15) is 50.0 Å². The average Bonchev–Trinajstić information content (AvgIpc) is 2.96. The summed E-state index contributed by atoms with van der Waals surface area (Å²) < 4.78 is 13.7. The van der Waals surface area contributed by atoms with Crippen molar-refractivity contribution in [2.75, 3.05) is 0 Å². The van der Waals surface area contributed by atoms with E-state index < -0.39 is 0 Å². The third-order valence-corrected chi connectivity index (χ3v) is 5.67. The monoisotopic (exact) mass is 259 g/mol. The van der Waals surface area contributed by atoms with E-state index in [0.29, 0.717) is 12.0 Å². The summed E-state index contributed by atoms with van der Waals surface area (Å²) >= 11 is 0. The second-order valence-corrected chi connectivity index (χ2v) is 6.83. The van der Waals surface area contributed by atoms with Crippen molar-refractivity contribution in [3.63, 3.8) is 0 Å². The van der Waals surface area contributed by atoms with Gasteiger partial charge in [0.2, 0.25) is 0 Å². The van der Waals surface area contributed by atoms with Gasteiger partial charge in [0, 0.05) is 12.1 Å². The number of hydrogen-bond donors (Lipinski definition) is 1. The summed E-state index contributed by atoms with van der Waals surface area (Å²) in [6.07, 6.45) is 7.99. The van der Waals surface area contributed by atoms with Gasteiger partial charge in [0.25, 0.3) is 0 Å². The highest BCUT2D eigenvalue weighted by Gasteiger charge is 2.42. The molecule has 1 nitrogen and oxygen atoms in total. The van der Waals surface area contributed by atoms with Crippen LogP contribution in [0.3, 0.4) is 0 Å². The summed E-state index contributed by atoms with van der Waals surface area (Å²) in [5, 5.41) is 3.84. The second kappa shape index (κ2) is 4.59. The molecule has 0 amide bonds. The maximum absolute atomic E-state index is 13.7. The van der Waals surface area contributed by atoms with Crippen molar-refractivity contribution >= 4 is 0 Å². The molecule has 3 saturated carbocycles. The Morgan fingerprint density at radius 3 is 2.53 bits per heavy atom. The Bertz CT molecular complexity index is 466. The van der Waals surface area contributed by atoms with Gasteiger partial charge in [0.1, 0.15) is 5.82 Å². The predicted octanol–water partition coefficient (Wildman–Crippen LogP) is 3.85. The maximum atomic E-state index is 13.7. The molecule has 3 atom stereocenters. The SMILES string of the molecule is Fc1ccccc1C1CC(NC2CC3CCC2C3)C1. The Labute approximate surface area is 114 Å². The number of rotatable bonds is 3. The third-order valence-electron chi connectivity index (χ3n) is 5.67. The van der Waals surface area contributed by atoms with E-state index in [4.69, 9.17) is 0 Å². The minimum atomic E-state index is -0.0223. The Morgan fingerprint density at radius 1 is 1.00 bits per heavy atom. The van der Waals surface area contributed by atoms with Crippen molar-refractivity contribution in [3.8, 4) is 0 Å². The number of fused-ring (bicyclic) bond motifs is 2. The minimum absolute atomic E-state index is 0.0223. The lowest BCUT2D eigenvalue weighted by Crippen LogP contribution is -2.47. The lowest BCUT2D eigenvalue weighted by Gasteiger charge is -2.40. The van der Waals surface area contributed by atoms with Gasteiger partial charge in [-0.25, -0.2) is 4.39 Å². The van der Waals surface area contributed by atoms with Crippen LogP contribution in [0.5, 0.6) is 0 Å². The van der Waals surface area contributed by atoms with Crippen molar-refractivity contribution in [2.24, 2.45) is 11.8 Å². The number of nitrogens with one attached hydrogen (secondary N) is 1. The van der Waals surface area contributed by atoms with E-state index in [-0.39, 0.29) is 5.82 Å². The molecule has 2 bridgehead atoms. The lowest BCUT2D eigenvalue weighted by atomic mass is 9.75. The van der Waals surface area contributed by atoms with E-state index >= 15 is 0 Å². The van der Waals surface area contributed by atoms with Gasteiger partial charge in [-0.1, -0.05) is 24.6 Å². The van der Waals surface area contributed by atoms with Crippen LogP contribution in [0.15, 0.2) is 24.3 Å². The summed E-state index contributed by atoms with van der Waals surface area (Å²) in [5.41, 5.74) is 0.925. The zero-order valence-corrected chi connectivity index (χ0v) is 11.3. The number of benzene rings is 1. The molecule has 1 aromatic rings. The molecule has 4 rings (SSSR count). The fourth-order valence-corrected chi connectivity index (χ4v) is 4.57. The van der Waals surface area contributed by atoms with Crippen LogP contribution in [-0.4, -0.2) is 12.1 Å². The molecule has 0 radical (unpaired) electrons. The van der Waals surface area contributed by atoms with Crippen LogP contribution >= 0.6 is 0 Å². The van der Waals surface area contributed by atoms with Gasteiger partial charge in [-0.15, -0.1) is 0 Å². The molecule has 0 heterocycles. The van der Waals surface area contributed by atoms with Crippen molar-refractivity contribution < 1.29 is 4.39 Å². The van der Waals surface area contributed by atoms with Crippen molar-refractivity contribution in [2.45, 2.75) is 56.5 Å². The second-order valence-electron chi connectivity index (χ2n) is 6.83. The van der Waals surface area contributed by atoms with Crippen LogP contribution < -0.4 is 5.32 Å². The molecule has 3 fully saturated rings. The molecule has 1 aromatic carbocycles. The first-order valence-electron chi connectivity index (χ1n) is 7.80. The molecule has 3 aliphatic rings. The first kappa shape index (κ1) is 11.9. The van der Waals surface area contributed by atoms with E-state index in [1.165, 1.54) is 25.7 Å². The Kier molecular flexibility index (Phi) is 2.87. The fraction of sp³-hybridized carbons (Fsp3) is 0.647. The van der Waals surface area contributed by atoms with Gasteiger partial charge in [0.05, 0.1) is 0 Å². The summed E-state index contributed by atoms with van der Waals surface area (Å²) in [6.45, 7) is 0. The molecule has 1 N–H and O–H groups in total. The van der Waals surface area contributed by atoms with Gasteiger partial charge < -0.3 is 5.32 Å². The largest absolute Gasteiger partial charge is 0.311 e. The molecule has 2 heteroatoms. The van der Waals surface area contributed by atoms with Crippen molar-refractivity contribution in [3.05, 3.63) is 35.6 Å². The van der Waals surface area contributed by atoms with Crippen LogP contribution in [0.4, 0.5) is 4.39 Å². The average molecular weight is 259 g/mol. The highest BCUT2D eigenvalue weighted by Crippen LogP contribution is 2.46. The molecule has 102 valence electrons. The van der Waals surface area contributed by atoms with E-state index in [2.05, 4.69) is 5.32 Å². The quantitative estimate of drug-likeness (QED) is 0.869. The van der Waals surface area contributed by atoms with Gasteiger partial charge in [-0.2, -0.15) is 0 Å². The first-order valence-corrected chi connectivity index (χ1v) is 7.80. The topological polar surface area (TPSA) is 12.0 Å². The third kappa shape index (κ3) is 2.10. The van der Waals surface area contributed by atoms with Gasteiger partial charge >= 0.3 is 0 Å². The van der Waals surface area contributed by atoms with E-state index in [1.807, 2.05) is 12.1 Å². The molecule has 0 spiro atoms. The van der Waals surface area contributed by atoms with E-state index in [1.54, 1.807) is 12.1 Å². The smallest absolute Gasteiger partial charge is 0.126 e. The number of hydrogen-bond acceptors (Lipinski definition) is 1. The van der Waals surface area contributed by atoms with E-state index in [0.717, 1.165) is 36.3 Å². The molecule has 0 aliphatic heterocycles. The molecular weight excluding hydrogens is 237 g/mol. The van der Waals surface area contributed by atoms with Gasteiger partial charge in [-0.3, -0.25) is 0 Å². The highest BCUT2D eigenvalue weighted by atomic mass is 19.1. The molecule has 0 saturated heterocycles. The van der Waals surface area contributed by atoms with Crippen LogP contribution in [0.2, 0.25) is 0 Å². The summed E-state index contributed by atoms with van der Waals surface area (Å²) in [7, 11) is 0. The van der Waals surface area contributed by atoms with E-state index in [9.17, 15) is 4.39 Å². The fourth-order valence-electron chi connectivity index (χ4n) is 4.57. The standard InChI is InChI=1S/C17H22FN/c18-16-4-2-1-3-15(16)13-9-14(10-13)19-17-8-11-5-6-12(17)7-11/h1-4,11-14,17,19H,5-10H2. The van der Waals surface area contributed by atoms with Gasteiger partial charge in [-0.05, 0) is 61.5 Å². The normalized spacial score (nSPS) is 40.4. The minimum Gasteiger partial charge on any atom is -0.311 e. The van der Waals surface area contributed by atoms with Crippen LogP contribution in [0, 0.1) is 17.7 Å². The molecule has 0 aromatic heterocycles. The lowest BCUT2D eigenvalue weighted by molar-refractivity contribution is 0.227. The Hall–Kier alpha value is -0.890. The molecular formula is C17H22FN. The van der Waals surface area contributed by atoms with Crippen LogP contribution in [-0.2, 0) is 0 Å².